The molecule has 1 aliphatic rings. The fourth-order valence-corrected chi connectivity index (χ4v) is 2.11. The number of aryl methyl sites for hydroxylation is 1. The van der Waals surface area contributed by atoms with Gasteiger partial charge in [0, 0.05) is 0 Å². The van der Waals surface area contributed by atoms with Crippen LogP contribution < -0.4 is 14.2 Å². The highest BCUT2D eigenvalue weighted by Gasteiger charge is 2.12. The minimum atomic E-state index is 0.248. The van der Waals surface area contributed by atoms with E-state index in [1.165, 1.54) is 5.56 Å². The number of phenols is 1. The second kappa shape index (κ2) is 5.74. The van der Waals surface area contributed by atoms with Gasteiger partial charge in [-0.25, -0.2) is 0 Å². The lowest BCUT2D eigenvalue weighted by molar-refractivity contribution is 0.174. The summed E-state index contributed by atoms with van der Waals surface area (Å²) in [7, 11) is 0. The Kier molecular flexibility index (Phi) is 3.63. The second-order valence-corrected chi connectivity index (χ2v) is 4.63. The van der Waals surface area contributed by atoms with Gasteiger partial charge in [0.1, 0.15) is 11.5 Å². The first-order valence-electron chi connectivity index (χ1n) is 6.61. The fraction of sp³-hybridized carbons (Fsp3) is 0.250. The van der Waals surface area contributed by atoms with Gasteiger partial charge in [-0.1, -0.05) is 6.07 Å². The van der Waals surface area contributed by atoms with Gasteiger partial charge < -0.3 is 19.3 Å². The lowest BCUT2D eigenvalue weighted by atomic mass is 10.1. The number of hydrogen-bond donors (Lipinski definition) is 1. The van der Waals surface area contributed by atoms with E-state index in [4.69, 9.17) is 14.2 Å². The van der Waals surface area contributed by atoms with E-state index in [-0.39, 0.29) is 5.75 Å². The van der Waals surface area contributed by atoms with E-state index in [0.29, 0.717) is 13.4 Å². The quantitative estimate of drug-likeness (QED) is 0.849. The molecule has 0 bridgehead atoms. The van der Waals surface area contributed by atoms with Crippen LogP contribution in [0.5, 0.6) is 23.0 Å². The number of benzene rings is 2. The molecule has 0 unspecified atom stereocenters. The monoisotopic (exact) mass is 272 g/mol. The van der Waals surface area contributed by atoms with E-state index >= 15 is 0 Å². The summed E-state index contributed by atoms with van der Waals surface area (Å²) < 4.78 is 16.2. The number of aromatic hydroxyl groups is 1. The average Bonchev–Trinajstić information content (AvgIpc) is 2.93. The van der Waals surface area contributed by atoms with Crippen LogP contribution in [-0.4, -0.2) is 18.5 Å². The first-order valence-corrected chi connectivity index (χ1v) is 6.61. The zero-order valence-corrected chi connectivity index (χ0v) is 11.0. The van der Waals surface area contributed by atoms with Crippen molar-refractivity contribution in [2.24, 2.45) is 0 Å². The van der Waals surface area contributed by atoms with E-state index in [1.54, 1.807) is 24.3 Å². The maximum absolute atomic E-state index is 9.18. The predicted molar refractivity (Wildman–Crippen MR) is 74.5 cm³/mol. The normalized spacial score (nSPS) is 12.4. The first-order chi connectivity index (χ1) is 9.81. The molecule has 1 aliphatic heterocycles. The van der Waals surface area contributed by atoms with Crippen molar-refractivity contribution >= 4 is 0 Å². The summed E-state index contributed by atoms with van der Waals surface area (Å²) in [5.41, 5.74) is 1.21. The van der Waals surface area contributed by atoms with Crippen molar-refractivity contribution in [2.75, 3.05) is 13.4 Å². The van der Waals surface area contributed by atoms with Crippen LogP contribution in [0.2, 0.25) is 0 Å². The van der Waals surface area contributed by atoms with Crippen LogP contribution >= 0.6 is 0 Å². The number of hydrogen-bond acceptors (Lipinski definition) is 4. The molecule has 20 heavy (non-hydrogen) atoms. The smallest absolute Gasteiger partial charge is 0.231 e. The van der Waals surface area contributed by atoms with Gasteiger partial charge in [0.15, 0.2) is 11.5 Å². The highest BCUT2D eigenvalue weighted by Crippen LogP contribution is 2.32. The molecule has 0 aliphatic carbocycles. The summed E-state index contributed by atoms with van der Waals surface area (Å²) in [4.78, 5) is 0. The predicted octanol–water partition coefficient (Wildman–Crippen LogP) is 3.13. The summed E-state index contributed by atoms with van der Waals surface area (Å²) in [6, 6.07) is 12.8. The third-order valence-corrected chi connectivity index (χ3v) is 3.15. The standard InChI is InChI=1S/C16H16O4/c17-13-4-6-14(7-5-13)18-9-1-2-12-3-8-15-16(10-12)20-11-19-15/h3-8,10,17H,1-2,9,11H2. The second-order valence-electron chi connectivity index (χ2n) is 4.63. The van der Waals surface area contributed by atoms with Crippen LogP contribution in [0.4, 0.5) is 0 Å². The molecule has 0 saturated carbocycles. The van der Waals surface area contributed by atoms with Gasteiger partial charge >= 0.3 is 0 Å². The van der Waals surface area contributed by atoms with E-state index in [2.05, 4.69) is 0 Å². The van der Waals surface area contributed by atoms with E-state index in [1.807, 2.05) is 18.2 Å². The Morgan fingerprint density at radius 2 is 1.80 bits per heavy atom. The molecule has 0 fully saturated rings. The number of ether oxygens (including phenoxy) is 3. The molecular formula is C16H16O4. The summed E-state index contributed by atoms with van der Waals surface area (Å²) in [5.74, 6) is 2.65. The molecule has 2 aromatic carbocycles. The van der Waals surface area contributed by atoms with Crippen LogP contribution in [0.25, 0.3) is 0 Å². The molecule has 0 amide bonds. The highest BCUT2D eigenvalue weighted by molar-refractivity contribution is 5.44. The number of rotatable bonds is 5. The van der Waals surface area contributed by atoms with Crippen molar-refractivity contribution in [3.8, 4) is 23.0 Å². The van der Waals surface area contributed by atoms with Crippen molar-refractivity contribution in [2.45, 2.75) is 12.8 Å². The molecular weight excluding hydrogens is 256 g/mol. The molecule has 4 nitrogen and oxygen atoms in total. The van der Waals surface area contributed by atoms with Crippen molar-refractivity contribution < 1.29 is 19.3 Å². The average molecular weight is 272 g/mol. The molecule has 0 saturated heterocycles. The van der Waals surface area contributed by atoms with Crippen LogP contribution in [-0.2, 0) is 6.42 Å². The Morgan fingerprint density at radius 3 is 2.65 bits per heavy atom. The lowest BCUT2D eigenvalue weighted by Crippen LogP contribution is -1.99. The molecule has 0 atom stereocenters. The van der Waals surface area contributed by atoms with Crippen LogP contribution in [0.15, 0.2) is 42.5 Å². The third-order valence-electron chi connectivity index (χ3n) is 3.15. The zero-order valence-electron chi connectivity index (χ0n) is 11.0. The van der Waals surface area contributed by atoms with E-state index in [9.17, 15) is 5.11 Å². The Labute approximate surface area is 117 Å². The van der Waals surface area contributed by atoms with Crippen molar-refractivity contribution in [3.05, 3.63) is 48.0 Å². The topological polar surface area (TPSA) is 47.9 Å². The Balaban J connectivity index is 1.47. The maximum Gasteiger partial charge on any atom is 0.231 e. The minimum absolute atomic E-state index is 0.248. The zero-order chi connectivity index (χ0) is 13.8. The number of fused-ring (bicyclic) bond motifs is 1. The Bertz CT molecular complexity index is 578. The largest absolute Gasteiger partial charge is 0.508 e. The summed E-state index contributed by atoms with van der Waals surface area (Å²) in [6.45, 7) is 0.946. The van der Waals surface area contributed by atoms with Crippen molar-refractivity contribution in [3.63, 3.8) is 0 Å². The minimum Gasteiger partial charge on any atom is -0.508 e. The molecule has 104 valence electrons. The van der Waals surface area contributed by atoms with Gasteiger partial charge in [-0.15, -0.1) is 0 Å². The molecule has 3 rings (SSSR count). The van der Waals surface area contributed by atoms with Crippen molar-refractivity contribution in [1.82, 2.24) is 0 Å². The van der Waals surface area contributed by atoms with Crippen LogP contribution in [0.3, 0.4) is 0 Å². The van der Waals surface area contributed by atoms with Gasteiger partial charge in [0.25, 0.3) is 0 Å². The van der Waals surface area contributed by atoms with Gasteiger partial charge in [-0.3, -0.25) is 0 Å². The molecule has 0 radical (unpaired) electrons. The molecule has 0 aromatic heterocycles. The third kappa shape index (κ3) is 2.96. The highest BCUT2D eigenvalue weighted by atomic mass is 16.7. The molecule has 0 spiro atoms. The van der Waals surface area contributed by atoms with Crippen molar-refractivity contribution in [1.29, 1.82) is 0 Å². The molecule has 2 aromatic rings. The van der Waals surface area contributed by atoms with Gasteiger partial charge in [-0.2, -0.15) is 0 Å². The Hall–Kier alpha value is -2.36. The lowest BCUT2D eigenvalue weighted by Gasteiger charge is -2.06. The summed E-state index contributed by atoms with van der Waals surface area (Å²) in [5, 5.41) is 9.18. The van der Waals surface area contributed by atoms with Gasteiger partial charge in [0.2, 0.25) is 6.79 Å². The number of phenolic OH excluding ortho intramolecular Hbond substituents is 1. The maximum atomic E-state index is 9.18. The molecule has 1 N–H and O–H groups in total. The Morgan fingerprint density at radius 1 is 1.00 bits per heavy atom. The molecule has 4 heteroatoms. The molecule has 1 heterocycles. The van der Waals surface area contributed by atoms with Gasteiger partial charge in [-0.05, 0) is 54.8 Å². The van der Waals surface area contributed by atoms with Gasteiger partial charge in [0.05, 0.1) is 6.61 Å². The van der Waals surface area contributed by atoms with E-state index in [0.717, 1.165) is 30.1 Å². The first kappa shape index (κ1) is 12.7. The fourth-order valence-electron chi connectivity index (χ4n) is 2.11. The van der Waals surface area contributed by atoms with E-state index < -0.39 is 0 Å². The van der Waals surface area contributed by atoms with Crippen LogP contribution in [0, 0.1) is 0 Å². The summed E-state index contributed by atoms with van der Waals surface area (Å²) >= 11 is 0. The van der Waals surface area contributed by atoms with Crippen LogP contribution in [0.1, 0.15) is 12.0 Å². The SMILES string of the molecule is Oc1ccc(OCCCc2ccc3c(c2)OCO3)cc1. The summed E-state index contributed by atoms with van der Waals surface area (Å²) in [6.07, 6.45) is 1.84.